The van der Waals surface area contributed by atoms with Crippen molar-refractivity contribution in [3.05, 3.63) is 59.8 Å². The molecular weight excluding hydrogens is 228 g/mol. The molecule has 1 aliphatic rings. The fourth-order valence-corrected chi connectivity index (χ4v) is 2.64. The maximum atomic E-state index is 6.76. The first-order valence-corrected chi connectivity index (χ1v) is 6.45. The molecule has 17 heavy (non-hydrogen) atoms. The number of hydrogen-bond donors (Lipinski definition) is 0. The average molecular weight is 249 g/mol. The molecule has 1 heteroatoms. The second-order valence-corrected chi connectivity index (χ2v) is 5.06. The highest BCUT2D eigenvalue weighted by Crippen LogP contribution is 2.46. The van der Waals surface area contributed by atoms with E-state index in [1.54, 1.807) is 6.08 Å². The van der Waals surface area contributed by atoms with Gasteiger partial charge in [0.1, 0.15) is 0 Å². The first kappa shape index (κ1) is 14.1. The Labute approximate surface area is 110 Å². The molecule has 0 fully saturated rings. The van der Waals surface area contributed by atoms with E-state index in [0.29, 0.717) is 0 Å². The molecule has 1 unspecified atom stereocenters. The third kappa shape index (κ3) is 2.47. The summed E-state index contributed by atoms with van der Waals surface area (Å²) in [5.41, 5.74) is 4.46. The van der Waals surface area contributed by atoms with Crippen LogP contribution in [-0.2, 0) is 0 Å². The summed E-state index contributed by atoms with van der Waals surface area (Å²) in [6, 6.07) is 0. The zero-order valence-electron chi connectivity index (χ0n) is 11.0. The predicted molar refractivity (Wildman–Crippen MR) is 78.4 cm³/mol. The van der Waals surface area contributed by atoms with Crippen molar-refractivity contribution in [1.29, 1.82) is 0 Å². The van der Waals surface area contributed by atoms with Gasteiger partial charge in [-0.2, -0.15) is 0 Å². The van der Waals surface area contributed by atoms with E-state index in [2.05, 4.69) is 39.2 Å². The molecule has 0 aromatic carbocycles. The van der Waals surface area contributed by atoms with Crippen LogP contribution in [0.15, 0.2) is 59.8 Å². The van der Waals surface area contributed by atoms with Crippen molar-refractivity contribution in [1.82, 2.24) is 0 Å². The van der Waals surface area contributed by atoms with Gasteiger partial charge in [0.2, 0.25) is 0 Å². The summed E-state index contributed by atoms with van der Waals surface area (Å²) in [5.74, 6) is 0. The van der Waals surface area contributed by atoms with Crippen molar-refractivity contribution < 1.29 is 0 Å². The van der Waals surface area contributed by atoms with E-state index in [0.717, 1.165) is 24.0 Å². The zero-order valence-corrected chi connectivity index (χ0v) is 11.8. The van der Waals surface area contributed by atoms with Crippen molar-refractivity contribution >= 4 is 11.6 Å². The Morgan fingerprint density at radius 3 is 2.59 bits per heavy atom. The van der Waals surface area contributed by atoms with E-state index in [1.807, 2.05) is 13.0 Å². The molecule has 0 nitrogen and oxygen atoms in total. The Hall–Kier alpha value is -1.01. The number of allylic oxidation sites excluding steroid dienone is 8. The van der Waals surface area contributed by atoms with Crippen LogP contribution in [0.5, 0.6) is 0 Å². The van der Waals surface area contributed by atoms with E-state index in [9.17, 15) is 0 Å². The molecule has 0 amide bonds. The van der Waals surface area contributed by atoms with E-state index < -0.39 is 4.87 Å². The summed E-state index contributed by atoms with van der Waals surface area (Å²) in [7, 11) is 0. The number of halogens is 1. The Kier molecular flexibility index (Phi) is 4.59. The average Bonchev–Trinajstić information content (AvgIpc) is 2.31. The van der Waals surface area contributed by atoms with Gasteiger partial charge >= 0.3 is 0 Å². The van der Waals surface area contributed by atoms with E-state index >= 15 is 0 Å². The quantitative estimate of drug-likeness (QED) is 0.592. The summed E-state index contributed by atoms with van der Waals surface area (Å²) >= 11 is 6.76. The summed E-state index contributed by atoms with van der Waals surface area (Å²) < 4.78 is 0. The van der Waals surface area contributed by atoms with Gasteiger partial charge < -0.3 is 0 Å². The van der Waals surface area contributed by atoms with Crippen LogP contribution >= 0.6 is 11.6 Å². The van der Waals surface area contributed by atoms with Crippen LogP contribution in [-0.4, -0.2) is 4.87 Å². The molecule has 0 saturated carbocycles. The third-order valence-electron chi connectivity index (χ3n) is 3.30. The van der Waals surface area contributed by atoms with Crippen molar-refractivity contribution in [3.63, 3.8) is 0 Å². The zero-order chi connectivity index (χ0) is 13.1. The van der Waals surface area contributed by atoms with Gasteiger partial charge in [0.25, 0.3) is 0 Å². The van der Waals surface area contributed by atoms with Gasteiger partial charge in [0.15, 0.2) is 0 Å². The van der Waals surface area contributed by atoms with Gasteiger partial charge in [0, 0.05) is 0 Å². The Balaban J connectivity index is 3.37. The van der Waals surface area contributed by atoms with Gasteiger partial charge in [-0.3, -0.25) is 0 Å². The van der Waals surface area contributed by atoms with Crippen LogP contribution < -0.4 is 0 Å². The minimum atomic E-state index is -0.421. The Bertz CT molecular complexity index is 421. The van der Waals surface area contributed by atoms with Crippen molar-refractivity contribution in [2.24, 2.45) is 0 Å². The highest BCUT2D eigenvalue weighted by Gasteiger charge is 2.37. The van der Waals surface area contributed by atoms with Crippen LogP contribution in [0.3, 0.4) is 0 Å². The van der Waals surface area contributed by atoms with Crippen molar-refractivity contribution in [2.75, 3.05) is 0 Å². The smallest absolute Gasteiger partial charge is 0.0905 e. The molecule has 0 heterocycles. The molecule has 92 valence electrons. The number of rotatable bonds is 3. The first-order chi connectivity index (χ1) is 8.01. The molecule has 0 radical (unpaired) electrons. The molecule has 0 saturated heterocycles. The van der Waals surface area contributed by atoms with E-state index in [-0.39, 0.29) is 0 Å². The monoisotopic (exact) mass is 248 g/mol. The van der Waals surface area contributed by atoms with Crippen LogP contribution in [0.1, 0.15) is 33.6 Å². The standard InChI is InChI=1S/C16H21Cl/c1-6-9-15-13(5)16(17,10-7-2)12(4)11-14(15)8-3/h6,8-9,11H,1,5,7,10H2,2-4H3/b14-8-,15-9-. The van der Waals surface area contributed by atoms with Crippen molar-refractivity contribution in [2.45, 2.75) is 38.5 Å². The first-order valence-electron chi connectivity index (χ1n) is 6.08. The lowest BCUT2D eigenvalue weighted by molar-refractivity contribution is 0.662. The molecule has 1 atom stereocenters. The van der Waals surface area contributed by atoms with Crippen LogP contribution in [0.25, 0.3) is 0 Å². The number of hydrogen-bond acceptors (Lipinski definition) is 0. The molecule has 0 aromatic rings. The highest BCUT2D eigenvalue weighted by molar-refractivity contribution is 6.28. The molecule has 0 spiro atoms. The van der Waals surface area contributed by atoms with Gasteiger partial charge in [-0.15, -0.1) is 11.6 Å². The predicted octanol–water partition coefficient (Wildman–Crippen LogP) is 5.34. The SMILES string of the molecule is C=C/C=C1/C(=C)C(Cl)(CCC)C(C)=C/C1=C/C. The van der Waals surface area contributed by atoms with Gasteiger partial charge in [-0.25, -0.2) is 0 Å². The lowest BCUT2D eigenvalue weighted by atomic mass is 9.76. The summed E-state index contributed by atoms with van der Waals surface area (Å²) in [6.07, 6.45) is 10.00. The van der Waals surface area contributed by atoms with Gasteiger partial charge in [-0.05, 0) is 42.6 Å². The maximum absolute atomic E-state index is 6.76. The molecule has 1 rings (SSSR count). The summed E-state index contributed by atoms with van der Waals surface area (Å²) in [5, 5.41) is 0. The molecule has 0 N–H and O–H groups in total. The molecule has 0 aromatic heterocycles. The largest absolute Gasteiger partial charge is 0.109 e. The van der Waals surface area contributed by atoms with Crippen LogP contribution in [0.4, 0.5) is 0 Å². The maximum Gasteiger partial charge on any atom is 0.0905 e. The third-order valence-corrected chi connectivity index (χ3v) is 4.02. The van der Waals surface area contributed by atoms with Gasteiger partial charge in [-0.1, -0.05) is 50.8 Å². The molecule has 0 aliphatic heterocycles. The summed E-state index contributed by atoms with van der Waals surface area (Å²) in [4.78, 5) is -0.421. The Morgan fingerprint density at radius 1 is 1.47 bits per heavy atom. The number of alkyl halides is 1. The van der Waals surface area contributed by atoms with Crippen LogP contribution in [0, 0.1) is 0 Å². The minimum absolute atomic E-state index is 0.421. The second kappa shape index (κ2) is 5.55. The molecule has 0 bridgehead atoms. The van der Waals surface area contributed by atoms with E-state index in [4.69, 9.17) is 11.6 Å². The lowest BCUT2D eigenvalue weighted by Gasteiger charge is -2.36. The molecular formula is C16H21Cl. The fraction of sp³-hybridized carbons (Fsp3) is 0.375. The Morgan fingerprint density at radius 2 is 2.12 bits per heavy atom. The molecule has 1 aliphatic carbocycles. The topological polar surface area (TPSA) is 0 Å². The summed E-state index contributed by atoms with van der Waals surface area (Å²) in [6.45, 7) is 14.2. The van der Waals surface area contributed by atoms with E-state index in [1.165, 1.54) is 11.1 Å². The second-order valence-electron chi connectivity index (χ2n) is 4.42. The highest BCUT2D eigenvalue weighted by atomic mass is 35.5. The lowest BCUT2D eigenvalue weighted by Crippen LogP contribution is -2.30. The normalized spacial score (nSPS) is 29.6. The fourth-order valence-electron chi connectivity index (χ4n) is 2.30. The van der Waals surface area contributed by atoms with Gasteiger partial charge in [0.05, 0.1) is 4.87 Å². The van der Waals surface area contributed by atoms with Crippen molar-refractivity contribution in [3.8, 4) is 0 Å². The van der Waals surface area contributed by atoms with Crippen LogP contribution in [0.2, 0.25) is 0 Å². The minimum Gasteiger partial charge on any atom is -0.109 e.